The fourth-order valence-corrected chi connectivity index (χ4v) is 5.16. The number of methoxy groups -OCH3 is 1. The number of pyridine rings is 2. The molecule has 35 heavy (non-hydrogen) atoms. The topological polar surface area (TPSA) is 76.2 Å². The van der Waals surface area contributed by atoms with Gasteiger partial charge in [-0.3, -0.25) is 10.1 Å². The maximum absolute atomic E-state index is 15.0. The molecule has 1 aliphatic rings. The maximum Gasteiger partial charge on any atom is 0.166 e. The molecule has 4 aromatic rings. The van der Waals surface area contributed by atoms with Gasteiger partial charge in [0.2, 0.25) is 0 Å². The minimum Gasteiger partial charge on any atom is -0.493 e. The highest BCUT2D eigenvalue weighted by atomic mass is 35.5. The van der Waals surface area contributed by atoms with E-state index in [0.29, 0.717) is 49.7 Å². The van der Waals surface area contributed by atoms with Gasteiger partial charge in [0, 0.05) is 54.3 Å². The Bertz CT molecular complexity index is 1400. The summed E-state index contributed by atoms with van der Waals surface area (Å²) in [5.41, 5.74) is 2.62. The SMILES string of the molecule is COc1cc2[nH]nc(-c3cnc(N4CC(C)(C)C4)c(F)c3)c2cc1O[C@H](C)c1c(Cl)cncc1Cl. The number of ether oxygens (including phenoxy) is 2. The second-order valence-electron chi connectivity index (χ2n) is 9.45. The minimum absolute atomic E-state index is 0.169. The summed E-state index contributed by atoms with van der Waals surface area (Å²) in [6, 6.07) is 5.05. The van der Waals surface area contributed by atoms with Gasteiger partial charge < -0.3 is 14.4 Å². The number of anilines is 1. The Balaban J connectivity index is 1.50. The molecule has 1 aromatic carbocycles. The Hall–Kier alpha value is -3.10. The third kappa shape index (κ3) is 4.36. The number of rotatable bonds is 6. The number of nitrogens with zero attached hydrogens (tertiary/aromatic N) is 4. The lowest BCUT2D eigenvalue weighted by molar-refractivity contribution is 0.216. The van der Waals surface area contributed by atoms with E-state index >= 15 is 0 Å². The van der Waals surface area contributed by atoms with Crippen LogP contribution in [0.15, 0.2) is 36.8 Å². The van der Waals surface area contributed by atoms with Gasteiger partial charge in [-0.15, -0.1) is 0 Å². The summed E-state index contributed by atoms with van der Waals surface area (Å²) in [6.07, 6.45) is 4.19. The first-order valence-electron chi connectivity index (χ1n) is 11.1. The molecule has 1 aliphatic heterocycles. The molecular weight excluding hydrogens is 492 g/mol. The van der Waals surface area contributed by atoms with Gasteiger partial charge in [-0.1, -0.05) is 37.0 Å². The Morgan fingerprint density at radius 2 is 1.80 bits per heavy atom. The molecule has 0 spiro atoms. The fourth-order valence-electron chi connectivity index (χ4n) is 4.49. The Morgan fingerprint density at radius 1 is 1.09 bits per heavy atom. The van der Waals surface area contributed by atoms with Gasteiger partial charge in [-0.25, -0.2) is 9.37 Å². The summed E-state index contributed by atoms with van der Waals surface area (Å²) in [4.78, 5) is 10.3. The van der Waals surface area contributed by atoms with Crippen LogP contribution >= 0.6 is 23.2 Å². The normalized spacial score (nSPS) is 15.7. The van der Waals surface area contributed by atoms with Crippen molar-refractivity contribution in [3.8, 4) is 22.8 Å². The number of hydrogen-bond acceptors (Lipinski definition) is 6. The average molecular weight is 516 g/mol. The average Bonchev–Trinajstić information content (AvgIpc) is 3.19. The van der Waals surface area contributed by atoms with Gasteiger partial charge in [0.25, 0.3) is 0 Å². The predicted octanol–water partition coefficient (Wildman–Crippen LogP) is 6.46. The van der Waals surface area contributed by atoms with Crippen molar-refractivity contribution in [2.45, 2.75) is 26.9 Å². The molecule has 0 unspecified atom stereocenters. The number of aromatic amines is 1. The highest BCUT2D eigenvalue weighted by molar-refractivity contribution is 6.35. The highest BCUT2D eigenvalue weighted by Crippen LogP contribution is 2.40. The smallest absolute Gasteiger partial charge is 0.166 e. The van der Waals surface area contributed by atoms with E-state index in [0.717, 1.165) is 18.5 Å². The Labute approximate surface area is 212 Å². The molecule has 1 fully saturated rings. The van der Waals surface area contributed by atoms with Crippen LogP contribution in [0.25, 0.3) is 22.2 Å². The molecule has 0 saturated carbocycles. The van der Waals surface area contributed by atoms with Crippen molar-refractivity contribution in [2.24, 2.45) is 5.41 Å². The van der Waals surface area contributed by atoms with Crippen LogP contribution in [0.5, 0.6) is 11.5 Å². The molecule has 0 bridgehead atoms. The third-order valence-electron chi connectivity index (χ3n) is 6.08. The van der Waals surface area contributed by atoms with Crippen molar-refractivity contribution in [1.29, 1.82) is 0 Å². The number of hydrogen-bond donors (Lipinski definition) is 1. The zero-order valence-electron chi connectivity index (χ0n) is 19.7. The van der Waals surface area contributed by atoms with Gasteiger partial charge in [-0.05, 0) is 24.5 Å². The zero-order valence-corrected chi connectivity index (χ0v) is 21.2. The molecule has 1 saturated heterocycles. The molecular formula is C25H24Cl2FN5O2. The van der Waals surface area contributed by atoms with Crippen LogP contribution in [-0.2, 0) is 0 Å². The van der Waals surface area contributed by atoms with E-state index in [1.807, 2.05) is 11.8 Å². The van der Waals surface area contributed by atoms with Crippen molar-refractivity contribution >= 4 is 39.9 Å². The van der Waals surface area contributed by atoms with Crippen LogP contribution in [0.2, 0.25) is 10.0 Å². The zero-order chi connectivity index (χ0) is 24.9. The number of nitrogens with one attached hydrogen (secondary N) is 1. The van der Waals surface area contributed by atoms with Gasteiger partial charge in [0.15, 0.2) is 23.1 Å². The fraction of sp³-hybridized carbons (Fsp3) is 0.320. The quantitative estimate of drug-likeness (QED) is 0.317. The molecule has 0 amide bonds. The van der Waals surface area contributed by atoms with E-state index < -0.39 is 6.10 Å². The molecule has 1 N–H and O–H groups in total. The van der Waals surface area contributed by atoms with Crippen LogP contribution in [0, 0.1) is 11.2 Å². The van der Waals surface area contributed by atoms with E-state index in [9.17, 15) is 4.39 Å². The lowest BCUT2D eigenvalue weighted by atomic mass is 9.84. The third-order valence-corrected chi connectivity index (χ3v) is 6.68. The van der Waals surface area contributed by atoms with Crippen molar-refractivity contribution in [3.63, 3.8) is 0 Å². The first-order chi connectivity index (χ1) is 16.7. The Kier molecular flexibility index (Phi) is 5.97. The predicted molar refractivity (Wildman–Crippen MR) is 135 cm³/mol. The van der Waals surface area contributed by atoms with Crippen LogP contribution < -0.4 is 14.4 Å². The molecule has 3 aromatic heterocycles. The summed E-state index contributed by atoms with van der Waals surface area (Å²) in [6.45, 7) is 7.67. The summed E-state index contributed by atoms with van der Waals surface area (Å²) in [5.74, 6) is 0.945. The van der Waals surface area contributed by atoms with Gasteiger partial charge in [0.05, 0.1) is 22.7 Å². The van der Waals surface area contributed by atoms with Crippen LogP contribution in [0.3, 0.4) is 0 Å². The lowest BCUT2D eigenvalue weighted by Gasteiger charge is -2.46. The van der Waals surface area contributed by atoms with E-state index in [1.54, 1.807) is 25.4 Å². The molecule has 7 nitrogen and oxygen atoms in total. The maximum atomic E-state index is 15.0. The van der Waals surface area contributed by atoms with Crippen molar-refractivity contribution in [2.75, 3.05) is 25.1 Å². The second kappa shape index (κ2) is 8.84. The lowest BCUT2D eigenvalue weighted by Crippen LogP contribution is -2.53. The molecule has 10 heteroatoms. The monoisotopic (exact) mass is 515 g/mol. The first-order valence-corrected chi connectivity index (χ1v) is 11.8. The second-order valence-corrected chi connectivity index (χ2v) is 10.3. The molecule has 1 atom stereocenters. The molecule has 5 rings (SSSR count). The molecule has 182 valence electrons. The number of aromatic nitrogens is 4. The summed E-state index contributed by atoms with van der Waals surface area (Å²) < 4.78 is 26.7. The number of benzene rings is 1. The summed E-state index contributed by atoms with van der Waals surface area (Å²) in [7, 11) is 1.55. The summed E-state index contributed by atoms with van der Waals surface area (Å²) in [5, 5.41) is 8.94. The van der Waals surface area contributed by atoms with E-state index in [-0.39, 0.29) is 11.2 Å². The largest absolute Gasteiger partial charge is 0.493 e. The van der Waals surface area contributed by atoms with Crippen molar-refractivity contribution < 1.29 is 13.9 Å². The standard InChI is InChI=1S/C25H24Cl2FN5O2/c1-13(22-16(26)9-29-10-17(22)27)35-21-6-15-19(7-20(21)34-4)31-32-23(15)14-5-18(28)24(30-8-14)33-11-25(2,3)12-33/h5-10,13H,11-12H2,1-4H3,(H,31,32)/t13-/m1/s1. The highest BCUT2D eigenvalue weighted by Gasteiger charge is 2.36. The minimum atomic E-state index is -0.487. The van der Waals surface area contributed by atoms with Gasteiger partial charge in [-0.2, -0.15) is 5.10 Å². The van der Waals surface area contributed by atoms with E-state index in [4.69, 9.17) is 32.7 Å². The van der Waals surface area contributed by atoms with E-state index in [1.165, 1.54) is 18.5 Å². The number of H-pyrrole nitrogens is 1. The molecule has 0 aliphatic carbocycles. The Morgan fingerprint density at radius 3 is 2.43 bits per heavy atom. The number of halogens is 3. The van der Waals surface area contributed by atoms with Gasteiger partial charge in [0.1, 0.15) is 11.8 Å². The number of fused-ring (bicyclic) bond motifs is 1. The van der Waals surface area contributed by atoms with Crippen LogP contribution in [-0.4, -0.2) is 40.4 Å². The van der Waals surface area contributed by atoms with E-state index in [2.05, 4.69) is 34.0 Å². The van der Waals surface area contributed by atoms with Crippen LogP contribution in [0.4, 0.5) is 10.2 Å². The van der Waals surface area contributed by atoms with Crippen molar-refractivity contribution in [3.05, 3.63) is 58.2 Å². The van der Waals surface area contributed by atoms with Crippen LogP contribution in [0.1, 0.15) is 32.4 Å². The van der Waals surface area contributed by atoms with Crippen molar-refractivity contribution in [1.82, 2.24) is 20.2 Å². The summed E-state index contributed by atoms with van der Waals surface area (Å²) >= 11 is 12.6. The van der Waals surface area contributed by atoms with Gasteiger partial charge >= 0.3 is 0 Å². The molecule has 4 heterocycles. The first kappa shape index (κ1) is 23.6. The molecule has 0 radical (unpaired) electrons.